The lowest BCUT2D eigenvalue weighted by molar-refractivity contribution is 0.0563. The third-order valence-corrected chi connectivity index (χ3v) is 5.67. The Bertz CT molecular complexity index is 1080. The Labute approximate surface area is 145 Å². The van der Waals surface area contributed by atoms with Gasteiger partial charge in [-0.25, -0.2) is 9.59 Å². The standard InChI is InChI=1S/C17H16N2O5S/c1-23-16(21)11-7-6-9(24-11)8-19-15(20)13-10-4-2-3-5-12(10)25-14(13)18-17(19)22/h6-7H,2-5,8H2,1H3,(H,18,22). The van der Waals surface area contributed by atoms with Crippen LogP contribution in [-0.2, 0) is 24.1 Å². The molecule has 0 aromatic carbocycles. The molecule has 4 rings (SSSR count). The third kappa shape index (κ3) is 2.62. The van der Waals surface area contributed by atoms with Crippen LogP contribution >= 0.6 is 11.3 Å². The number of rotatable bonds is 3. The summed E-state index contributed by atoms with van der Waals surface area (Å²) in [5.41, 5.74) is 0.275. The summed E-state index contributed by atoms with van der Waals surface area (Å²) in [4.78, 5) is 41.4. The number of ether oxygens (including phenoxy) is 1. The van der Waals surface area contributed by atoms with Gasteiger partial charge in [0.15, 0.2) is 0 Å². The second-order valence-corrected chi connectivity index (χ2v) is 7.10. The van der Waals surface area contributed by atoms with Gasteiger partial charge in [0, 0.05) is 4.88 Å². The van der Waals surface area contributed by atoms with Crippen molar-refractivity contribution in [3.63, 3.8) is 0 Å². The van der Waals surface area contributed by atoms with Crippen LogP contribution in [0, 0.1) is 0 Å². The zero-order chi connectivity index (χ0) is 17.6. The zero-order valence-corrected chi connectivity index (χ0v) is 14.4. The number of aromatic amines is 1. The van der Waals surface area contributed by atoms with Gasteiger partial charge in [-0.3, -0.25) is 14.3 Å². The lowest BCUT2D eigenvalue weighted by atomic mass is 9.97. The molecule has 1 aliphatic carbocycles. The second kappa shape index (κ2) is 6.03. The molecular weight excluding hydrogens is 344 g/mol. The van der Waals surface area contributed by atoms with E-state index in [0.29, 0.717) is 16.0 Å². The van der Waals surface area contributed by atoms with Crippen LogP contribution in [0.15, 0.2) is 26.1 Å². The SMILES string of the molecule is COC(=O)c1ccc(Cn2c(=O)[nH]c3sc4c(c3c2=O)CCCC4)o1. The van der Waals surface area contributed by atoms with Gasteiger partial charge in [0.2, 0.25) is 5.76 Å². The highest BCUT2D eigenvalue weighted by Crippen LogP contribution is 2.33. The van der Waals surface area contributed by atoms with E-state index in [2.05, 4.69) is 9.72 Å². The number of hydrogen-bond acceptors (Lipinski definition) is 6. The Kier molecular flexibility index (Phi) is 3.84. The minimum atomic E-state index is -0.602. The Morgan fingerprint density at radius 2 is 2.12 bits per heavy atom. The third-order valence-electron chi connectivity index (χ3n) is 4.46. The Morgan fingerprint density at radius 1 is 1.32 bits per heavy atom. The molecule has 1 aliphatic rings. The zero-order valence-electron chi connectivity index (χ0n) is 13.6. The lowest BCUT2D eigenvalue weighted by Gasteiger charge is -2.10. The Balaban J connectivity index is 1.79. The summed E-state index contributed by atoms with van der Waals surface area (Å²) in [7, 11) is 1.26. The molecular formula is C17H16N2O5S. The number of H-pyrrole nitrogens is 1. The molecule has 0 bridgehead atoms. The fourth-order valence-corrected chi connectivity index (χ4v) is 4.52. The van der Waals surface area contributed by atoms with Gasteiger partial charge in [-0.05, 0) is 43.4 Å². The van der Waals surface area contributed by atoms with Crippen molar-refractivity contribution < 1.29 is 13.9 Å². The highest BCUT2D eigenvalue weighted by molar-refractivity contribution is 7.18. The molecule has 0 spiro atoms. The molecule has 7 nitrogen and oxygen atoms in total. The van der Waals surface area contributed by atoms with E-state index < -0.39 is 11.7 Å². The topological polar surface area (TPSA) is 94.3 Å². The molecule has 0 unspecified atom stereocenters. The molecule has 0 saturated carbocycles. The van der Waals surface area contributed by atoms with Crippen LogP contribution < -0.4 is 11.2 Å². The summed E-state index contributed by atoms with van der Waals surface area (Å²) in [5, 5.41) is 0.610. The Hall–Kier alpha value is -2.61. The van der Waals surface area contributed by atoms with E-state index in [9.17, 15) is 14.4 Å². The van der Waals surface area contributed by atoms with Gasteiger partial charge < -0.3 is 9.15 Å². The van der Waals surface area contributed by atoms with E-state index in [1.165, 1.54) is 29.4 Å². The van der Waals surface area contributed by atoms with Gasteiger partial charge in [0.1, 0.15) is 10.6 Å². The van der Waals surface area contributed by atoms with Crippen molar-refractivity contribution in [1.82, 2.24) is 9.55 Å². The van der Waals surface area contributed by atoms with Crippen LogP contribution in [0.5, 0.6) is 0 Å². The van der Waals surface area contributed by atoms with Crippen molar-refractivity contribution in [2.75, 3.05) is 7.11 Å². The van der Waals surface area contributed by atoms with Gasteiger partial charge in [-0.15, -0.1) is 11.3 Å². The number of esters is 1. The first-order chi connectivity index (χ1) is 12.1. The molecule has 3 aromatic heterocycles. The average Bonchev–Trinajstić information content (AvgIpc) is 3.22. The summed E-state index contributed by atoms with van der Waals surface area (Å²) >= 11 is 1.50. The van der Waals surface area contributed by atoms with Gasteiger partial charge in [-0.2, -0.15) is 0 Å². The molecule has 3 aromatic rings. The number of hydrogen-bond donors (Lipinski definition) is 1. The van der Waals surface area contributed by atoms with Gasteiger partial charge in [0.25, 0.3) is 5.56 Å². The molecule has 130 valence electrons. The predicted octanol–water partition coefficient (Wildman–Crippen LogP) is 2.06. The number of nitrogens with one attached hydrogen (secondary N) is 1. The normalized spacial score (nSPS) is 13.8. The molecule has 0 aliphatic heterocycles. The number of fused-ring (bicyclic) bond motifs is 3. The summed E-state index contributed by atoms with van der Waals surface area (Å²) in [6.45, 7) is -0.0360. The molecule has 0 amide bonds. The number of methoxy groups -OCH3 is 1. The van der Waals surface area contributed by atoms with Crippen LogP contribution in [0.3, 0.4) is 0 Å². The fourth-order valence-electron chi connectivity index (χ4n) is 3.24. The summed E-state index contributed by atoms with van der Waals surface area (Å²) in [5.74, 6) is -0.220. The highest BCUT2D eigenvalue weighted by Gasteiger charge is 2.21. The van der Waals surface area contributed by atoms with Crippen molar-refractivity contribution in [1.29, 1.82) is 0 Å². The van der Waals surface area contributed by atoms with Crippen LogP contribution in [0.1, 0.15) is 39.6 Å². The number of thiophene rings is 1. The van der Waals surface area contributed by atoms with E-state index in [1.807, 2.05) is 0 Å². The molecule has 0 atom stereocenters. The minimum Gasteiger partial charge on any atom is -0.463 e. The molecule has 0 radical (unpaired) electrons. The maximum absolute atomic E-state index is 12.9. The molecule has 3 heterocycles. The van der Waals surface area contributed by atoms with E-state index >= 15 is 0 Å². The first kappa shape index (κ1) is 15.9. The summed E-state index contributed by atoms with van der Waals surface area (Å²) < 4.78 is 11.1. The maximum Gasteiger partial charge on any atom is 0.373 e. The van der Waals surface area contributed by atoms with E-state index in [4.69, 9.17) is 4.42 Å². The molecule has 0 fully saturated rings. The molecule has 8 heteroatoms. The molecule has 25 heavy (non-hydrogen) atoms. The molecule has 0 saturated heterocycles. The summed E-state index contributed by atoms with van der Waals surface area (Å²) in [6, 6.07) is 3.02. The second-order valence-electron chi connectivity index (χ2n) is 5.99. The van der Waals surface area contributed by atoms with Crippen molar-refractivity contribution >= 4 is 27.5 Å². The lowest BCUT2D eigenvalue weighted by Crippen LogP contribution is -2.35. The van der Waals surface area contributed by atoms with Crippen molar-refractivity contribution in [2.45, 2.75) is 32.2 Å². The predicted molar refractivity (Wildman–Crippen MR) is 92.5 cm³/mol. The average molecular weight is 360 g/mol. The summed E-state index contributed by atoms with van der Waals surface area (Å²) in [6.07, 6.45) is 3.99. The number of aryl methyl sites for hydroxylation is 2. The van der Waals surface area contributed by atoms with Gasteiger partial charge >= 0.3 is 11.7 Å². The maximum atomic E-state index is 12.9. The van der Waals surface area contributed by atoms with Crippen LogP contribution in [0.2, 0.25) is 0 Å². The molecule has 1 N–H and O–H groups in total. The smallest absolute Gasteiger partial charge is 0.373 e. The largest absolute Gasteiger partial charge is 0.463 e. The van der Waals surface area contributed by atoms with E-state index in [-0.39, 0.29) is 17.9 Å². The van der Waals surface area contributed by atoms with E-state index in [1.54, 1.807) is 6.07 Å². The number of carbonyl (C=O) groups is 1. The number of aromatic nitrogens is 2. The quantitative estimate of drug-likeness (QED) is 0.722. The van der Waals surface area contributed by atoms with Gasteiger partial charge in [-0.1, -0.05) is 0 Å². The van der Waals surface area contributed by atoms with Crippen molar-refractivity contribution in [3.8, 4) is 0 Å². The van der Waals surface area contributed by atoms with Gasteiger partial charge in [0.05, 0.1) is 19.0 Å². The highest BCUT2D eigenvalue weighted by atomic mass is 32.1. The Morgan fingerprint density at radius 3 is 2.92 bits per heavy atom. The first-order valence-corrected chi connectivity index (χ1v) is 8.84. The minimum absolute atomic E-state index is 0.0360. The van der Waals surface area contributed by atoms with Crippen molar-refractivity contribution in [2.24, 2.45) is 0 Å². The van der Waals surface area contributed by atoms with Crippen LogP contribution in [0.25, 0.3) is 10.2 Å². The first-order valence-electron chi connectivity index (χ1n) is 8.03. The van der Waals surface area contributed by atoms with Crippen molar-refractivity contribution in [3.05, 3.63) is 54.9 Å². The number of furan rings is 1. The number of nitrogens with zero attached hydrogens (tertiary/aromatic N) is 1. The monoisotopic (exact) mass is 360 g/mol. The van der Waals surface area contributed by atoms with E-state index in [0.717, 1.165) is 35.8 Å². The van der Waals surface area contributed by atoms with Crippen LogP contribution in [-0.4, -0.2) is 22.6 Å². The fraction of sp³-hybridized carbons (Fsp3) is 0.353. The number of carbonyl (C=O) groups excluding carboxylic acids is 1. The van der Waals surface area contributed by atoms with Crippen LogP contribution in [0.4, 0.5) is 0 Å².